The number of nitrogens with zero attached hydrogens (tertiary/aromatic N) is 4. The van der Waals surface area contributed by atoms with Gasteiger partial charge >= 0.3 is 6.03 Å². The van der Waals surface area contributed by atoms with Gasteiger partial charge in [0, 0.05) is 19.1 Å². The Bertz CT molecular complexity index is 2480. The minimum Gasteiger partial charge on any atom is -0.495 e. The van der Waals surface area contributed by atoms with Crippen LogP contribution in [0, 0.1) is 0 Å². The summed E-state index contributed by atoms with van der Waals surface area (Å²) in [6.45, 7) is 5.34. The van der Waals surface area contributed by atoms with Crippen LogP contribution in [-0.2, 0) is 36.2 Å². The summed E-state index contributed by atoms with van der Waals surface area (Å²) in [6, 6.07) is 13.7. The van der Waals surface area contributed by atoms with E-state index in [9.17, 15) is 36.0 Å². The van der Waals surface area contributed by atoms with Crippen LogP contribution >= 0.6 is 0 Å². The molecule has 4 amide bonds. The second-order valence-corrected chi connectivity index (χ2v) is 19.1. The number of urea groups is 1. The van der Waals surface area contributed by atoms with Crippen LogP contribution in [0.25, 0.3) is 10.9 Å². The number of rotatable bonds is 23. The summed E-state index contributed by atoms with van der Waals surface area (Å²) in [5, 5.41) is 2.68. The smallest absolute Gasteiger partial charge is 0.328 e. The summed E-state index contributed by atoms with van der Waals surface area (Å²) in [6.07, 6.45) is 11.9. The van der Waals surface area contributed by atoms with Crippen LogP contribution in [-0.4, -0.2) is 80.5 Å². The molecule has 1 aliphatic rings. The third-order valence-corrected chi connectivity index (χ3v) is 12.4. The minimum atomic E-state index is -4.06. The fourth-order valence-corrected chi connectivity index (χ4v) is 9.03. The molecule has 1 fully saturated rings. The van der Waals surface area contributed by atoms with E-state index >= 15 is 0 Å². The van der Waals surface area contributed by atoms with Gasteiger partial charge in [-0.25, -0.2) is 36.2 Å². The predicted molar refractivity (Wildman–Crippen MR) is 235 cm³/mol. The molecule has 1 saturated heterocycles. The third kappa shape index (κ3) is 11.9. The molecule has 18 heteroatoms. The van der Waals surface area contributed by atoms with Gasteiger partial charge in [0.05, 0.1) is 35.0 Å². The van der Waals surface area contributed by atoms with Gasteiger partial charge < -0.3 is 15.0 Å². The van der Waals surface area contributed by atoms with Crippen LogP contribution in [0.4, 0.5) is 16.2 Å². The highest BCUT2D eigenvalue weighted by atomic mass is 32.2. The van der Waals surface area contributed by atoms with Crippen molar-refractivity contribution in [3.63, 3.8) is 0 Å². The minimum absolute atomic E-state index is 0.0138. The number of unbranched alkanes of at least 4 members (excludes halogenated alkanes) is 9. The van der Waals surface area contributed by atoms with Crippen LogP contribution in [0.15, 0.2) is 76.4 Å². The number of aromatic nitrogens is 2. The number of para-hydroxylation sites is 1. The fourth-order valence-electron chi connectivity index (χ4n) is 7.37. The first-order valence-corrected chi connectivity index (χ1v) is 24.1. The van der Waals surface area contributed by atoms with E-state index in [-0.39, 0.29) is 51.8 Å². The SMILES string of the molecule is CCCCCCCCCCCCNS(=O)(=O)c1ccc(OC)c(NC(=O)C(c2nc3c(NS(C)(=O)=O)cccc3c(=O)n2C(C)C)N2C(=O)CN(Cc3ccccc3)C2=O)c1. The van der Waals surface area contributed by atoms with Crippen molar-refractivity contribution < 1.29 is 36.0 Å². The van der Waals surface area contributed by atoms with Crippen LogP contribution in [0.5, 0.6) is 5.75 Å². The fraction of sp³-hybridized carbons (Fsp3) is 0.465. The molecule has 5 rings (SSSR count). The van der Waals surface area contributed by atoms with Crippen molar-refractivity contribution in [2.45, 2.75) is 109 Å². The Morgan fingerprint density at radius 2 is 1.49 bits per heavy atom. The molecule has 0 radical (unpaired) electrons. The number of hydrogen-bond acceptors (Lipinski definition) is 10. The number of ether oxygens (including phenoxy) is 1. The lowest BCUT2D eigenvalue weighted by Gasteiger charge is -2.29. The molecule has 4 aromatic rings. The van der Waals surface area contributed by atoms with Crippen molar-refractivity contribution in [1.29, 1.82) is 0 Å². The highest BCUT2D eigenvalue weighted by molar-refractivity contribution is 7.92. The zero-order chi connectivity index (χ0) is 44.3. The lowest BCUT2D eigenvalue weighted by Crippen LogP contribution is -2.45. The van der Waals surface area contributed by atoms with Gasteiger partial charge in [-0.1, -0.05) is 101 Å². The third-order valence-electron chi connectivity index (χ3n) is 10.4. The Morgan fingerprint density at radius 3 is 2.11 bits per heavy atom. The van der Waals surface area contributed by atoms with Gasteiger partial charge in [-0.2, -0.15) is 0 Å². The molecule has 330 valence electrons. The van der Waals surface area contributed by atoms with Gasteiger partial charge in [0.15, 0.2) is 6.04 Å². The zero-order valence-corrected chi connectivity index (χ0v) is 37.1. The molecular weight excluding hydrogens is 823 g/mol. The number of amides is 4. The predicted octanol–water partition coefficient (Wildman–Crippen LogP) is 6.70. The second kappa shape index (κ2) is 21.0. The maximum absolute atomic E-state index is 14.8. The molecule has 1 aromatic heterocycles. The lowest BCUT2D eigenvalue weighted by molar-refractivity contribution is -0.133. The standard InChI is InChI=1S/C43H57N7O9S2/c1-6-7-8-9-10-11-12-13-14-18-26-44-61(57,58)32-24-25-36(59-4)35(27-32)45-41(52)39(50-37(51)29-48(43(50)54)28-31-20-16-15-17-21-31)40-46-38-33(42(53)49(40)30(2)3)22-19-23-34(38)47-60(5,55)56/h15-17,19-25,27,30,39,44,47H,6-14,18,26,28-29H2,1-5H3,(H,45,52). The van der Waals surface area contributed by atoms with E-state index in [0.29, 0.717) is 6.42 Å². The van der Waals surface area contributed by atoms with Gasteiger partial charge in [0.1, 0.15) is 23.6 Å². The molecular formula is C43H57N7O9S2. The molecule has 2 heterocycles. The van der Waals surface area contributed by atoms with Crippen LogP contribution in [0.1, 0.15) is 108 Å². The number of anilines is 2. The molecule has 1 atom stereocenters. The number of imide groups is 1. The van der Waals surface area contributed by atoms with E-state index in [1.54, 1.807) is 44.2 Å². The first kappa shape index (κ1) is 46.7. The van der Waals surface area contributed by atoms with Crippen LogP contribution < -0.4 is 25.1 Å². The average Bonchev–Trinajstić information content (AvgIpc) is 3.47. The van der Waals surface area contributed by atoms with Crippen molar-refractivity contribution in [3.05, 3.63) is 88.5 Å². The van der Waals surface area contributed by atoms with Gasteiger partial charge in [0.25, 0.3) is 17.4 Å². The lowest BCUT2D eigenvalue weighted by atomic mass is 10.1. The quantitative estimate of drug-likeness (QED) is 0.0531. The number of sulfonamides is 2. The molecule has 61 heavy (non-hydrogen) atoms. The molecule has 0 spiro atoms. The van der Waals surface area contributed by atoms with Crippen molar-refractivity contribution in [2.24, 2.45) is 0 Å². The molecule has 1 aliphatic heterocycles. The monoisotopic (exact) mass is 879 g/mol. The van der Waals surface area contributed by atoms with E-state index in [4.69, 9.17) is 4.74 Å². The van der Waals surface area contributed by atoms with E-state index < -0.39 is 62.1 Å². The van der Waals surface area contributed by atoms with Crippen molar-refractivity contribution in [3.8, 4) is 5.75 Å². The van der Waals surface area contributed by atoms with Crippen LogP contribution in [0.3, 0.4) is 0 Å². The second-order valence-electron chi connectivity index (χ2n) is 15.5. The van der Waals surface area contributed by atoms with Crippen molar-refractivity contribution >= 4 is 60.2 Å². The maximum atomic E-state index is 14.8. The number of benzene rings is 3. The summed E-state index contributed by atoms with van der Waals surface area (Å²) >= 11 is 0. The number of nitrogens with one attached hydrogen (secondary N) is 3. The maximum Gasteiger partial charge on any atom is 0.328 e. The Balaban J connectivity index is 1.49. The highest BCUT2D eigenvalue weighted by Gasteiger charge is 2.46. The Morgan fingerprint density at radius 1 is 0.836 bits per heavy atom. The summed E-state index contributed by atoms with van der Waals surface area (Å²) in [5.41, 5.74) is -0.233. The summed E-state index contributed by atoms with van der Waals surface area (Å²) in [7, 11) is -6.61. The normalized spacial score (nSPS) is 13.9. The topological polar surface area (TPSA) is 206 Å². The molecule has 3 aromatic carbocycles. The van der Waals surface area contributed by atoms with Gasteiger partial charge in [0.2, 0.25) is 20.0 Å². The Kier molecular flexibility index (Phi) is 16.1. The Labute approximate surface area is 358 Å². The summed E-state index contributed by atoms with van der Waals surface area (Å²) in [5.74, 6) is -2.06. The number of methoxy groups -OCH3 is 1. The number of carbonyl (C=O) groups excluding carboxylic acids is 3. The molecule has 0 bridgehead atoms. The first-order valence-electron chi connectivity index (χ1n) is 20.7. The van der Waals surface area contributed by atoms with E-state index in [0.717, 1.165) is 42.4 Å². The van der Waals surface area contributed by atoms with Crippen molar-refractivity contribution in [1.82, 2.24) is 24.1 Å². The van der Waals surface area contributed by atoms with Gasteiger partial charge in [-0.3, -0.25) is 23.7 Å². The highest BCUT2D eigenvalue weighted by Crippen LogP contribution is 2.34. The van der Waals surface area contributed by atoms with Crippen LogP contribution in [0.2, 0.25) is 0 Å². The summed E-state index contributed by atoms with van der Waals surface area (Å²) in [4.78, 5) is 63.8. The van der Waals surface area contributed by atoms with E-state index in [1.807, 2.05) is 0 Å². The number of hydrogen-bond donors (Lipinski definition) is 3. The zero-order valence-electron chi connectivity index (χ0n) is 35.5. The largest absolute Gasteiger partial charge is 0.495 e. The molecule has 1 unspecified atom stereocenters. The Hall–Kier alpha value is -5.33. The average molecular weight is 880 g/mol. The molecule has 3 N–H and O–H groups in total. The van der Waals surface area contributed by atoms with Gasteiger partial charge in [-0.05, 0) is 56.2 Å². The van der Waals surface area contributed by atoms with Crippen molar-refractivity contribution in [2.75, 3.05) is 36.5 Å². The van der Waals surface area contributed by atoms with Gasteiger partial charge in [-0.15, -0.1) is 0 Å². The number of fused-ring (bicyclic) bond motifs is 1. The number of carbonyl (C=O) groups is 3. The summed E-state index contributed by atoms with van der Waals surface area (Å²) < 4.78 is 63.5. The van der Waals surface area contributed by atoms with E-state index in [1.165, 1.54) is 85.1 Å². The molecule has 16 nitrogen and oxygen atoms in total. The molecule has 0 aliphatic carbocycles. The van der Waals surface area contributed by atoms with E-state index in [2.05, 4.69) is 26.7 Å². The molecule has 0 saturated carbocycles. The first-order chi connectivity index (χ1) is 29.1.